The fourth-order valence-electron chi connectivity index (χ4n) is 6.07. The predicted octanol–water partition coefficient (Wildman–Crippen LogP) is 4.63. The van der Waals surface area contributed by atoms with Crippen LogP contribution in [-0.2, 0) is 27.7 Å². The molecule has 3 heterocycles. The monoisotopic (exact) mass is 607 g/mol. The number of fused-ring (bicyclic) bond motifs is 4. The Hall–Kier alpha value is -3.76. The summed E-state index contributed by atoms with van der Waals surface area (Å²) in [5.41, 5.74) is 6.51. The predicted molar refractivity (Wildman–Crippen MR) is 162 cm³/mol. The standard InChI is InChI=1S/C33H37NO8S/c1-22-16-27(39-13-9-34-10-14-43(37,38)15-11-34)18-24-8-12-40-30-6-2-23(17-29(30)33(22)24)20-41-26-4-5-28-25(3-7-32(35)36)21-42-31(28)19-26/h2,4-6,16-19,25H,3,7-15,20-21H2,1H3,(H,35,36)/t25-/m1/s1. The van der Waals surface area contributed by atoms with Crippen molar-refractivity contribution < 1.29 is 37.3 Å². The number of carboxylic acids is 1. The zero-order chi connectivity index (χ0) is 30.0. The third kappa shape index (κ3) is 6.91. The number of benzene rings is 3. The van der Waals surface area contributed by atoms with E-state index < -0.39 is 15.8 Å². The van der Waals surface area contributed by atoms with Crippen molar-refractivity contribution in [3.8, 4) is 34.1 Å². The van der Waals surface area contributed by atoms with Gasteiger partial charge in [-0.2, -0.15) is 0 Å². The van der Waals surface area contributed by atoms with Gasteiger partial charge in [0, 0.05) is 55.6 Å². The first-order chi connectivity index (χ1) is 20.7. The smallest absolute Gasteiger partial charge is 0.303 e. The number of hydrogen-bond acceptors (Lipinski definition) is 8. The minimum absolute atomic E-state index is 0.0924. The Morgan fingerprint density at radius 3 is 2.65 bits per heavy atom. The Morgan fingerprint density at radius 2 is 1.84 bits per heavy atom. The lowest BCUT2D eigenvalue weighted by Gasteiger charge is -2.26. The number of carbonyl (C=O) groups is 1. The number of aryl methyl sites for hydroxylation is 1. The van der Waals surface area contributed by atoms with Gasteiger partial charge < -0.3 is 24.1 Å². The molecule has 0 saturated carbocycles. The van der Waals surface area contributed by atoms with Gasteiger partial charge in [-0.25, -0.2) is 8.42 Å². The number of hydrogen-bond donors (Lipinski definition) is 1. The number of sulfone groups is 1. The number of carboxylic acid groups (broad SMARTS) is 1. The molecule has 1 atom stereocenters. The Kier molecular flexibility index (Phi) is 8.50. The molecule has 0 aliphatic carbocycles. The summed E-state index contributed by atoms with van der Waals surface area (Å²) in [6.45, 7) is 5.85. The van der Waals surface area contributed by atoms with E-state index in [2.05, 4.69) is 30.0 Å². The molecule has 3 aromatic carbocycles. The highest BCUT2D eigenvalue weighted by Crippen LogP contribution is 2.41. The molecular weight excluding hydrogens is 570 g/mol. The van der Waals surface area contributed by atoms with Crippen molar-refractivity contribution in [2.45, 2.75) is 38.7 Å². The molecule has 0 amide bonds. The SMILES string of the molecule is Cc1cc(OCCN2CCS(=O)(=O)CC2)cc2c1-c1cc(COc3ccc4c(c3)OC[C@H]4CCC(=O)O)ccc1OCC2. The van der Waals surface area contributed by atoms with Gasteiger partial charge in [0.15, 0.2) is 9.84 Å². The van der Waals surface area contributed by atoms with Gasteiger partial charge in [-0.3, -0.25) is 9.69 Å². The van der Waals surface area contributed by atoms with Crippen LogP contribution in [0.2, 0.25) is 0 Å². The number of ether oxygens (including phenoxy) is 4. The summed E-state index contributed by atoms with van der Waals surface area (Å²) >= 11 is 0. The van der Waals surface area contributed by atoms with Crippen molar-refractivity contribution >= 4 is 15.8 Å². The zero-order valence-corrected chi connectivity index (χ0v) is 25.2. The van der Waals surface area contributed by atoms with Gasteiger partial charge in [0.05, 0.1) is 24.7 Å². The largest absolute Gasteiger partial charge is 0.493 e. The maximum absolute atomic E-state index is 11.7. The molecule has 6 rings (SSSR count). The van der Waals surface area contributed by atoms with Crippen LogP contribution in [0.3, 0.4) is 0 Å². The molecule has 0 unspecified atom stereocenters. The highest BCUT2D eigenvalue weighted by molar-refractivity contribution is 7.91. The van der Waals surface area contributed by atoms with Crippen LogP contribution in [0.4, 0.5) is 0 Å². The first-order valence-electron chi connectivity index (χ1n) is 14.8. The van der Waals surface area contributed by atoms with Crippen molar-refractivity contribution in [3.63, 3.8) is 0 Å². The number of nitrogens with zero attached hydrogens (tertiary/aromatic N) is 1. The molecule has 3 aliphatic heterocycles. The molecule has 43 heavy (non-hydrogen) atoms. The van der Waals surface area contributed by atoms with E-state index in [1.165, 1.54) is 5.56 Å². The molecule has 0 radical (unpaired) electrons. The Bertz CT molecular complexity index is 1610. The van der Waals surface area contributed by atoms with E-state index in [4.69, 9.17) is 24.1 Å². The Balaban J connectivity index is 1.12. The first kappa shape index (κ1) is 29.3. The molecule has 228 valence electrons. The topological polar surface area (TPSA) is 112 Å². The fraction of sp³-hybridized carbons (Fsp3) is 0.424. The van der Waals surface area contributed by atoms with Crippen LogP contribution in [-0.4, -0.2) is 75.4 Å². The van der Waals surface area contributed by atoms with Gasteiger partial charge in [0.2, 0.25) is 0 Å². The van der Waals surface area contributed by atoms with Crippen molar-refractivity contribution in [1.29, 1.82) is 0 Å². The summed E-state index contributed by atoms with van der Waals surface area (Å²) in [5, 5.41) is 9.01. The third-order valence-corrected chi connectivity index (χ3v) is 10.0. The van der Waals surface area contributed by atoms with Crippen molar-refractivity contribution in [1.82, 2.24) is 4.90 Å². The van der Waals surface area contributed by atoms with Crippen molar-refractivity contribution in [3.05, 3.63) is 70.8 Å². The summed E-state index contributed by atoms with van der Waals surface area (Å²) in [5.74, 6) is 2.85. The van der Waals surface area contributed by atoms with Crippen molar-refractivity contribution in [2.75, 3.05) is 51.0 Å². The third-order valence-electron chi connectivity index (χ3n) is 8.42. The van der Waals surface area contributed by atoms with E-state index in [1.807, 2.05) is 30.3 Å². The molecule has 1 N–H and O–H groups in total. The second-order valence-electron chi connectivity index (χ2n) is 11.5. The quantitative estimate of drug-likeness (QED) is 0.353. The second-order valence-corrected chi connectivity index (χ2v) is 13.8. The Labute approximate surface area is 252 Å². The summed E-state index contributed by atoms with van der Waals surface area (Å²) in [7, 11) is -2.89. The molecule has 1 saturated heterocycles. The molecular formula is C33H37NO8S. The highest BCUT2D eigenvalue weighted by Gasteiger charge is 2.26. The molecule has 10 heteroatoms. The maximum Gasteiger partial charge on any atom is 0.303 e. The van der Waals surface area contributed by atoms with Crippen LogP contribution >= 0.6 is 0 Å². The van der Waals surface area contributed by atoms with E-state index in [0.717, 1.165) is 51.5 Å². The Morgan fingerprint density at radius 1 is 1.00 bits per heavy atom. The van der Waals surface area contributed by atoms with Crippen LogP contribution in [0.5, 0.6) is 23.0 Å². The van der Waals surface area contributed by atoms with Crippen LogP contribution in [0.1, 0.15) is 41.0 Å². The summed E-state index contributed by atoms with van der Waals surface area (Å²) < 4.78 is 47.6. The van der Waals surface area contributed by atoms with Gasteiger partial charge >= 0.3 is 5.97 Å². The second kappa shape index (κ2) is 12.5. The maximum atomic E-state index is 11.7. The summed E-state index contributed by atoms with van der Waals surface area (Å²) in [6, 6.07) is 16.1. The first-order valence-corrected chi connectivity index (χ1v) is 16.6. The highest BCUT2D eigenvalue weighted by atomic mass is 32.2. The average Bonchev–Trinajstić information content (AvgIpc) is 3.28. The molecule has 0 aromatic heterocycles. The number of aliphatic carboxylic acids is 1. The van der Waals surface area contributed by atoms with Crippen LogP contribution in [0, 0.1) is 6.92 Å². The van der Waals surface area contributed by atoms with Crippen LogP contribution in [0.15, 0.2) is 48.5 Å². The van der Waals surface area contributed by atoms with E-state index in [0.29, 0.717) is 58.2 Å². The molecule has 0 bridgehead atoms. The minimum atomic E-state index is -2.89. The lowest BCUT2D eigenvalue weighted by molar-refractivity contribution is -0.137. The van der Waals surface area contributed by atoms with Gasteiger partial charge in [-0.1, -0.05) is 12.1 Å². The summed E-state index contributed by atoms with van der Waals surface area (Å²) in [4.78, 5) is 13.1. The van der Waals surface area contributed by atoms with E-state index in [9.17, 15) is 13.2 Å². The molecule has 3 aliphatic rings. The van der Waals surface area contributed by atoms with E-state index >= 15 is 0 Å². The summed E-state index contributed by atoms with van der Waals surface area (Å²) in [6.07, 6.45) is 1.45. The van der Waals surface area contributed by atoms with Gasteiger partial charge in [0.1, 0.15) is 36.2 Å². The van der Waals surface area contributed by atoms with Crippen molar-refractivity contribution in [2.24, 2.45) is 0 Å². The fourth-order valence-corrected chi connectivity index (χ4v) is 7.34. The molecule has 9 nitrogen and oxygen atoms in total. The van der Waals surface area contributed by atoms with Gasteiger partial charge in [-0.05, 0) is 65.9 Å². The van der Waals surface area contributed by atoms with Crippen LogP contribution < -0.4 is 18.9 Å². The van der Waals surface area contributed by atoms with E-state index in [-0.39, 0.29) is 23.8 Å². The van der Waals surface area contributed by atoms with E-state index in [1.54, 1.807) is 0 Å². The zero-order valence-electron chi connectivity index (χ0n) is 24.3. The number of rotatable bonds is 10. The molecule has 0 spiro atoms. The average molecular weight is 608 g/mol. The van der Waals surface area contributed by atoms with Gasteiger partial charge in [0.25, 0.3) is 0 Å². The normalized spacial score (nSPS) is 18.8. The van der Waals surface area contributed by atoms with Crippen LogP contribution in [0.25, 0.3) is 11.1 Å². The lowest BCUT2D eigenvalue weighted by Crippen LogP contribution is -2.42. The molecule has 1 fully saturated rings. The lowest BCUT2D eigenvalue weighted by atomic mass is 9.92. The minimum Gasteiger partial charge on any atom is -0.493 e. The van der Waals surface area contributed by atoms with Gasteiger partial charge in [-0.15, -0.1) is 0 Å². The molecule has 3 aromatic rings.